The quantitative estimate of drug-likeness (QED) is 0.652. The average molecular weight is 267 g/mol. The summed E-state index contributed by atoms with van der Waals surface area (Å²) in [4.78, 5) is 13.7. The summed E-state index contributed by atoms with van der Waals surface area (Å²) in [7, 11) is 0. The zero-order chi connectivity index (χ0) is 13.7. The Morgan fingerprint density at radius 2 is 1.68 bits per heavy atom. The van der Waals surface area contributed by atoms with Crippen LogP contribution in [-0.4, -0.2) is 34.6 Å². The highest BCUT2D eigenvalue weighted by Crippen LogP contribution is 2.44. The topological polar surface area (TPSA) is 40.5 Å². The van der Waals surface area contributed by atoms with Gasteiger partial charge in [-0.25, -0.2) is 0 Å². The number of hydrogen-bond acceptors (Lipinski definition) is 2. The summed E-state index contributed by atoms with van der Waals surface area (Å²) in [5, 5.41) is 10.2. The Morgan fingerprint density at radius 3 is 2.26 bits per heavy atom. The van der Waals surface area contributed by atoms with Crippen LogP contribution in [-0.2, 0) is 4.79 Å². The molecular weight excluding hydrogens is 238 g/mol. The van der Waals surface area contributed by atoms with E-state index in [4.69, 9.17) is 0 Å². The Labute approximate surface area is 117 Å². The van der Waals surface area contributed by atoms with Crippen LogP contribution in [0.15, 0.2) is 0 Å². The second-order valence-corrected chi connectivity index (χ2v) is 6.50. The van der Waals surface area contributed by atoms with Crippen molar-refractivity contribution in [2.75, 3.05) is 13.1 Å². The third-order valence-corrected chi connectivity index (χ3v) is 4.61. The fourth-order valence-corrected chi connectivity index (χ4v) is 3.06. The van der Waals surface area contributed by atoms with Crippen molar-refractivity contribution < 1.29 is 9.90 Å². The molecule has 1 aliphatic heterocycles. The van der Waals surface area contributed by atoms with Crippen molar-refractivity contribution in [1.29, 1.82) is 0 Å². The van der Waals surface area contributed by atoms with Crippen LogP contribution in [0.5, 0.6) is 0 Å². The van der Waals surface area contributed by atoms with E-state index in [2.05, 4.69) is 6.92 Å². The number of carbonyl (C=O) groups is 1. The van der Waals surface area contributed by atoms with E-state index in [1.807, 2.05) is 4.90 Å². The number of amides is 1. The number of carbonyl (C=O) groups excluding carboxylic acids is 1. The highest BCUT2D eigenvalue weighted by Gasteiger charge is 2.52. The second kappa shape index (κ2) is 6.74. The van der Waals surface area contributed by atoms with Crippen LogP contribution >= 0.6 is 0 Å². The van der Waals surface area contributed by atoms with Gasteiger partial charge in [-0.05, 0) is 25.2 Å². The first-order valence-electron chi connectivity index (χ1n) is 8.16. The molecule has 1 heterocycles. The molecule has 0 aromatic carbocycles. The van der Waals surface area contributed by atoms with Crippen molar-refractivity contribution in [3.63, 3.8) is 0 Å². The molecule has 0 radical (unpaired) electrons. The van der Waals surface area contributed by atoms with Crippen molar-refractivity contribution in [3.8, 4) is 0 Å². The standard InChI is InChI=1S/C16H29NO2/c1-2-3-4-5-6-7-8-9-15(18)17-12-16(19,13-17)14-10-11-14/h14,19H,2-13H2,1H3. The molecule has 0 bridgehead atoms. The first-order chi connectivity index (χ1) is 9.15. The minimum atomic E-state index is -0.518. The monoisotopic (exact) mass is 267 g/mol. The molecule has 2 rings (SSSR count). The minimum absolute atomic E-state index is 0.249. The van der Waals surface area contributed by atoms with Gasteiger partial charge in [0, 0.05) is 6.42 Å². The first-order valence-corrected chi connectivity index (χ1v) is 8.16. The van der Waals surface area contributed by atoms with Gasteiger partial charge in [0.1, 0.15) is 5.60 Å². The Morgan fingerprint density at radius 1 is 1.11 bits per heavy atom. The summed E-state index contributed by atoms with van der Waals surface area (Å²) >= 11 is 0. The summed E-state index contributed by atoms with van der Waals surface area (Å²) in [5.41, 5.74) is -0.518. The summed E-state index contributed by atoms with van der Waals surface area (Å²) in [5.74, 6) is 0.731. The molecule has 2 aliphatic rings. The molecule has 2 fully saturated rings. The largest absolute Gasteiger partial charge is 0.386 e. The molecule has 0 aromatic heterocycles. The van der Waals surface area contributed by atoms with E-state index < -0.39 is 5.60 Å². The predicted octanol–water partition coefficient (Wildman–Crippen LogP) is 3.11. The Balaban J connectivity index is 1.47. The van der Waals surface area contributed by atoms with Gasteiger partial charge in [0.05, 0.1) is 13.1 Å². The molecule has 0 spiro atoms. The number of hydrogen-bond donors (Lipinski definition) is 1. The average Bonchev–Trinajstić information content (AvgIpc) is 3.18. The molecule has 3 heteroatoms. The highest BCUT2D eigenvalue weighted by molar-refractivity contribution is 5.77. The smallest absolute Gasteiger partial charge is 0.222 e. The highest BCUT2D eigenvalue weighted by atomic mass is 16.3. The van der Waals surface area contributed by atoms with Gasteiger partial charge in [-0.15, -0.1) is 0 Å². The van der Waals surface area contributed by atoms with Crippen LogP contribution in [0.3, 0.4) is 0 Å². The number of rotatable bonds is 9. The summed E-state index contributed by atoms with van der Waals surface area (Å²) in [6.45, 7) is 3.41. The van der Waals surface area contributed by atoms with E-state index in [1.54, 1.807) is 0 Å². The molecule has 1 amide bonds. The van der Waals surface area contributed by atoms with E-state index in [0.717, 1.165) is 19.3 Å². The predicted molar refractivity (Wildman–Crippen MR) is 76.9 cm³/mol. The lowest BCUT2D eigenvalue weighted by atomic mass is 9.88. The number of nitrogens with zero attached hydrogens (tertiary/aromatic N) is 1. The van der Waals surface area contributed by atoms with E-state index in [-0.39, 0.29) is 5.91 Å². The number of unbranched alkanes of at least 4 members (excludes halogenated alkanes) is 6. The zero-order valence-corrected chi connectivity index (χ0v) is 12.4. The lowest BCUT2D eigenvalue weighted by Crippen LogP contribution is -2.64. The van der Waals surface area contributed by atoms with Gasteiger partial charge in [0.15, 0.2) is 0 Å². The SMILES string of the molecule is CCCCCCCCCC(=O)N1CC(O)(C2CC2)C1. The minimum Gasteiger partial charge on any atom is -0.386 e. The maximum atomic E-state index is 11.9. The summed E-state index contributed by atoms with van der Waals surface area (Å²) < 4.78 is 0. The number of aliphatic hydroxyl groups is 1. The van der Waals surface area contributed by atoms with Gasteiger partial charge in [-0.2, -0.15) is 0 Å². The van der Waals surface area contributed by atoms with Crippen molar-refractivity contribution in [2.24, 2.45) is 5.92 Å². The van der Waals surface area contributed by atoms with Gasteiger partial charge in [-0.3, -0.25) is 4.79 Å². The van der Waals surface area contributed by atoms with Crippen molar-refractivity contribution in [1.82, 2.24) is 4.90 Å². The van der Waals surface area contributed by atoms with Crippen LogP contribution < -0.4 is 0 Å². The molecule has 1 saturated carbocycles. The Hall–Kier alpha value is -0.570. The number of likely N-dealkylation sites (tertiary alicyclic amines) is 1. The molecule has 19 heavy (non-hydrogen) atoms. The Kier molecular flexibility index (Phi) is 5.26. The molecule has 1 aliphatic carbocycles. The summed E-state index contributed by atoms with van der Waals surface area (Å²) in [6, 6.07) is 0. The van der Waals surface area contributed by atoms with Crippen molar-refractivity contribution >= 4 is 5.91 Å². The van der Waals surface area contributed by atoms with E-state index in [9.17, 15) is 9.90 Å². The fourth-order valence-electron chi connectivity index (χ4n) is 3.06. The summed E-state index contributed by atoms with van der Waals surface area (Å²) in [6.07, 6.45) is 11.7. The third kappa shape index (κ3) is 4.20. The fraction of sp³-hybridized carbons (Fsp3) is 0.938. The molecule has 110 valence electrons. The van der Waals surface area contributed by atoms with Crippen molar-refractivity contribution in [2.45, 2.75) is 76.7 Å². The molecule has 1 saturated heterocycles. The van der Waals surface area contributed by atoms with Gasteiger partial charge in [0.2, 0.25) is 5.91 Å². The maximum absolute atomic E-state index is 11.9. The maximum Gasteiger partial charge on any atom is 0.222 e. The van der Waals surface area contributed by atoms with Gasteiger partial charge in [0.25, 0.3) is 0 Å². The lowest BCUT2D eigenvalue weighted by Gasteiger charge is -2.47. The molecule has 0 unspecified atom stereocenters. The number of β-amino-alcohol motifs (C(OH)–C–C–N with tert-alkyl or cyclic N) is 1. The van der Waals surface area contributed by atoms with Gasteiger partial charge >= 0.3 is 0 Å². The second-order valence-electron chi connectivity index (χ2n) is 6.50. The molecular formula is C16H29NO2. The van der Waals surface area contributed by atoms with Crippen LogP contribution in [0, 0.1) is 5.92 Å². The van der Waals surface area contributed by atoms with Gasteiger partial charge < -0.3 is 10.0 Å². The third-order valence-electron chi connectivity index (χ3n) is 4.61. The molecule has 0 aromatic rings. The van der Waals surface area contributed by atoms with E-state index >= 15 is 0 Å². The Bertz CT molecular complexity index is 293. The van der Waals surface area contributed by atoms with Crippen LogP contribution in [0.2, 0.25) is 0 Å². The molecule has 3 nitrogen and oxygen atoms in total. The van der Waals surface area contributed by atoms with Crippen LogP contribution in [0.25, 0.3) is 0 Å². The van der Waals surface area contributed by atoms with E-state index in [1.165, 1.54) is 38.5 Å². The normalized spacial score (nSPS) is 21.3. The van der Waals surface area contributed by atoms with Crippen LogP contribution in [0.1, 0.15) is 71.1 Å². The van der Waals surface area contributed by atoms with E-state index in [0.29, 0.717) is 25.4 Å². The lowest BCUT2D eigenvalue weighted by molar-refractivity contribution is -0.159. The molecule has 1 N–H and O–H groups in total. The van der Waals surface area contributed by atoms with Crippen molar-refractivity contribution in [3.05, 3.63) is 0 Å². The first kappa shape index (κ1) is 14.8. The molecule has 0 atom stereocenters. The van der Waals surface area contributed by atoms with Crippen LogP contribution in [0.4, 0.5) is 0 Å². The zero-order valence-electron chi connectivity index (χ0n) is 12.4. The van der Waals surface area contributed by atoms with Gasteiger partial charge in [-0.1, -0.05) is 45.4 Å².